The minimum atomic E-state index is -3.50. The van der Waals surface area contributed by atoms with Crippen LogP contribution in [-0.2, 0) is 26.2 Å². The molecular formula is C26H37N3O4S. The average Bonchev–Trinajstić information content (AvgIpc) is 2.79. The number of nitrogens with one attached hydrogen (secondary N) is 1. The van der Waals surface area contributed by atoms with Crippen molar-refractivity contribution in [3.05, 3.63) is 65.2 Å². The molecule has 0 aliphatic heterocycles. The van der Waals surface area contributed by atoms with E-state index in [4.69, 9.17) is 0 Å². The number of benzene rings is 2. The van der Waals surface area contributed by atoms with Gasteiger partial charge in [-0.1, -0.05) is 48.9 Å². The Balaban J connectivity index is 2.15. The Hall–Kier alpha value is -2.87. The van der Waals surface area contributed by atoms with Crippen molar-refractivity contribution in [3.63, 3.8) is 0 Å². The lowest BCUT2D eigenvalue weighted by molar-refractivity contribution is -0.140. The maximum Gasteiger partial charge on any atom is 0.242 e. The van der Waals surface area contributed by atoms with Crippen LogP contribution in [0, 0.1) is 13.8 Å². The summed E-state index contributed by atoms with van der Waals surface area (Å²) in [5.41, 5.74) is 3.63. The monoisotopic (exact) mass is 487 g/mol. The molecule has 0 heterocycles. The smallest absolute Gasteiger partial charge is 0.242 e. The molecule has 0 aliphatic carbocycles. The molecule has 0 saturated carbocycles. The number of amides is 2. The second-order valence-electron chi connectivity index (χ2n) is 8.69. The summed E-state index contributed by atoms with van der Waals surface area (Å²) in [7, 11) is -3.50. The van der Waals surface area contributed by atoms with Gasteiger partial charge in [0.25, 0.3) is 0 Å². The molecule has 0 unspecified atom stereocenters. The number of hydrogen-bond donors (Lipinski definition) is 1. The maximum atomic E-state index is 13.3. The van der Waals surface area contributed by atoms with E-state index in [1.54, 1.807) is 24.0 Å². The summed E-state index contributed by atoms with van der Waals surface area (Å²) in [5.74, 6) is -0.374. The number of anilines is 1. The van der Waals surface area contributed by atoms with Crippen molar-refractivity contribution in [1.82, 2.24) is 10.2 Å². The minimum Gasteiger partial charge on any atom is -0.354 e. The SMILES string of the molecule is CCCNC(=O)[C@@H](C)N(Cc1ccccc1C)C(=O)CCCN(c1ccc(C)cc1)S(C)(=O)=O. The van der Waals surface area contributed by atoms with Gasteiger partial charge in [0.2, 0.25) is 21.8 Å². The van der Waals surface area contributed by atoms with Crippen molar-refractivity contribution in [2.75, 3.05) is 23.7 Å². The van der Waals surface area contributed by atoms with E-state index in [1.807, 2.05) is 57.2 Å². The highest BCUT2D eigenvalue weighted by atomic mass is 32.2. The highest BCUT2D eigenvalue weighted by Crippen LogP contribution is 2.20. The fourth-order valence-corrected chi connectivity index (χ4v) is 4.63. The van der Waals surface area contributed by atoms with Crippen molar-refractivity contribution in [3.8, 4) is 0 Å². The van der Waals surface area contributed by atoms with Crippen molar-refractivity contribution in [2.24, 2.45) is 0 Å². The number of aryl methyl sites for hydroxylation is 2. The second kappa shape index (κ2) is 12.6. The first-order valence-electron chi connectivity index (χ1n) is 11.7. The van der Waals surface area contributed by atoms with Gasteiger partial charge in [0.05, 0.1) is 11.9 Å². The van der Waals surface area contributed by atoms with E-state index < -0.39 is 16.1 Å². The lowest BCUT2D eigenvalue weighted by Gasteiger charge is -2.30. The predicted octanol–water partition coefficient (Wildman–Crippen LogP) is 3.79. The van der Waals surface area contributed by atoms with Crippen LogP contribution in [0.4, 0.5) is 5.69 Å². The van der Waals surface area contributed by atoms with E-state index >= 15 is 0 Å². The predicted molar refractivity (Wildman–Crippen MR) is 137 cm³/mol. The van der Waals surface area contributed by atoms with E-state index in [0.717, 1.165) is 23.1 Å². The van der Waals surface area contributed by atoms with Crippen LogP contribution >= 0.6 is 0 Å². The summed E-state index contributed by atoms with van der Waals surface area (Å²) in [6.07, 6.45) is 2.45. The molecule has 0 bridgehead atoms. The van der Waals surface area contributed by atoms with Crippen LogP contribution in [0.3, 0.4) is 0 Å². The lowest BCUT2D eigenvalue weighted by atomic mass is 10.1. The first-order valence-corrected chi connectivity index (χ1v) is 13.6. The molecule has 7 nitrogen and oxygen atoms in total. The third-order valence-corrected chi connectivity index (χ3v) is 6.99. The minimum absolute atomic E-state index is 0.134. The molecule has 1 atom stereocenters. The van der Waals surface area contributed by atoms with Gasteiger partial charge in [-0.05, 0) is 56.9 Å². The standard InChI is InChI=1S/C26H37N3O4S/c1-6-17-27-26(31)22(4)28(19-23-11-8-7-10-21(23)3)25(30)12-9-18-29(34(5,32)33)24-15-13-20(2)14-16-24/h7-8,10-11,13-16,22H,6,9,12,17-19H2,1-5H3,(H,27,31)/t22-/m1/s1. The molecule has 0 radical (unpaired) electrons. The van der Waals surface area contributed by atoms with Crippen molar-refractivity contribution in [1.29, 1.82) is 0 Å². The normalized spacial score (nSPS) is 12.1. The van der Waals surface area contributed by atoms with Crippen molar-refractivity contribution < 1.29 is 18.0 Å². The Morgan fingerprint density at radius 2 is 1.68 bits per heavy atom. The first kappa shape index (κ1) is 27.4. The number of hydrogen-bond acceptors (Lipinski definition) is 4. The Bertz CT molecular complexity index is 1070. The summed E-state index contributed by atoms with van der Waals surface area (Å²) in [6, 6.07) is 14.4. The highest BCUT2D eigenvalue weighted by molar-refractivity contribution is 7.92. The third-order valence-electron chi connectivity index (χ3n) is 5.79. The van der Waals surface area contributed by atoms with Gasteiger partial charge in [-0.25, -0.2) is 8.42 Å². The van der Waals surface area contributed by atoms with E-state index in [-0.39, 0.29) is 24.8 Å². The molecule has 2 rings (SSSR count). The zero-order chi connectivity index (χ0) is 25.3. The maximum absolute atomic E-state index is 13.3. The van der Waals surface area contributed by atoms with Crippen molar-refractivity contribution >= 4 is 27.5 Å². The van der Waals surface area contributed by atoms with E-state index in [9.17, 15) is 18.0 Å². The fraction of sp³-hybridized carbons (Fsp3) is 0.462. The van der Waals surface area contributed by atoms with Gasteiger partial charge in [0, 0.05) is 26.1 Å². The van der Waals surface area contributed by atoms with Gasteiger partial charge in [-0.3, -0.25) is 13.9 Å². The molecule has 0 spiro atoms. The molecule has 2 aromatic carbocycles. The largest absolute Gasteiger partial charge is 0.354 e. The molecule has 0 aromatic heterocycles. The zero-order valence-corrected chi connectivity index (χ0v) is 21.7. The molecule has 0 aliphatic rings. The van der Waals surface area contributed by atoms with Gasteiger partial charge < -0.3 is 10.2 Å². The molecule has 8 heteroatoms. The van der Waals surface area contributed by atoms with Crippen LogP contribution < -0.4 is 9.62 Å². The van der Waals surface area contributed by atoms with E-state index in [2.05, 4.69) is 5.32 Å². The summed E-state index contributed by atoms with van der Waals surface area (Å²) < 4.78 is 26.1. The zero-order valence-electron chi connectivity index (χ0n) is 20.9. The quantitative estimate of drug-likeness (QED) is 0.493. The fourth-order valence-electron chi connectivity index (χ4n) is 3.66. The molecule has 0 fully saturated rings. The number of carbonyl (C=O) groups excluding carboxylic acids is 2. The molecule has 2 aromatic rings. The summed E-state index contributed by atoms with van der Waals surface area (Å²) >= 11 is 0. The summed E-state index contributed by atoms with van der Waals surface area (Å²) in [5, 5.41) is 2.87. The van der Waals surface area contributed by atoms with Gasteiger partial charge in [0.1, 0.15) is 6.04 Å². The number of rotatable bonds is 12. The number of carbonyl (C=O) groups is 2. The molecular weight excluding hydrogens is 450 g/mol. The van der Waals surface area contributed by atoms with Crippen LogP contribution in [0.25, 0.3) is 0 Å². The summed E-state index contributed by atoms with van der Waals surface area (Å²) in [6.45, 7) is 8.68. The first-order chi connectivity index (χ1) is 16.0. The van der Waals surface area contributed by atoms with Crippen LogP contribution in [-0.4, -0.2) is 50.5 Å². The molecule has 0 saturated heterocycles. The van der Waals surface area contributed by atoms with Crippen LogP contribution in [0.5, 0.6) is 0 Å². The lowest BCUT2D eigenvalue weighted by Crippen LogP contribution is -2.48. The highest BCUT2D eigenvalue weighted by Gasteiger charge is 2.26. The Morgan fingerprint density at radius 1 is 1.03 bits per heavy atom. The van der Waals surface area contributed by atoms with Gasteiger partial charge in [0.15, 0.2) is 0 Å². The van der Waals surface area contributed by atoms with Gasteiger partial charge >= 0.3 is 0 Å². The Labute approximate surface area is 204 Å². The Kier molecular flexibility index (Phi) is 10.1. The van der Waals surface area contributed by atoms with Crippen molar-refractivity contribution in [2.45, 2.75) is 59.5 Å². The van der Waals surface area contributed by atoms with Crippen LogP contribution in [0.2, 0.25) is 0 Å². The number of nitrogens with zero attached hydrogens (tertiary/aromatic N) is 2. The van der Waals surface area contributed by atoms with Gasteiger partial charge in [-0.2, -0.15) is 0 Å². The van der Waals surface area contributed by atoms with Gasteiger partial charge in [-0.15, -0.1) is 0 Å². The van der Waals surface area contributed by atoms with Crippen LogP contribution in [0.1, 0.15) is 49.8 Å². The third kappa shape index (κ3) is 7.87. The molecule has 186 valence electrons. The average molecular weight is 488 g/mol. The Morgan fingerprint density at radius 3 is 2.26 bits per heavy atom. The van der Waals surface area contributed by atoms with E-state index in [1.165, 1.54) is 10.6 Å². The second-order valence-corrected chi connectivity index (χ2v) is 10.6. The topological polar surface area (TPSA) is 86.8 Å². The van der Waals surface area contributed by atoms with Crippen LogP contribution in [0.15, 0.2) is 48.5 Å². The van der Waals surface area contributed by atoms with E-state index in [0.29, 0.717) is 25.2 Å². The molecule has 2 amide bonds. The summed E-state index contributed by atoms with van der Waals surface area (Å²) in [4.78, 5) is 27.5. The molecule has 1 N–H and O–H groups in total. The molecule has 34 heavy (non-hydrogen) atoms. The number of sulfonamides is 1.